The predicted octanol–water partition coefficient (Wildman–Crippen LogP) is 1.94. The van der Waals surface area contributed by atoms with Crippen LogP contribution in [0, 0.1) is 12.8 Å². The molecule has 1 aromatic rings. The minimum absolute atomic E-state index is 0.506. The molecule has 1 aromatic heterocycles. The first kappa shape index (κ1) is 12.3. The van der Waals surface area contributed by atoms with E-state index in [9.17, 15) is 0 Å². The molecule has 2 rings (SSSR count). The van der Waals surface area contributed by atoms with Crippen molar-refractivity contribution in [2.45, 2.75) is 32.6 Å². The Labute approximate surface area is 103 Å². The Morgan fingerprint density at radius 3 is 3.24 bits per heavy atom. The molecule has 0 bridgehead atoms. The first-order valence-electron chi connectivity index (χ1n) is 6.48. The lowest BCUT2D eigenvalue weighted by atomic mass is 9.95. The van der Waals surface area contributed by atoms with Gasteiger partial charge in [-0.2, -0.15) is 0 Å². The minimum atomic E-state index is 0.506. The first-order chi connectivity index (χ1) is 8.34. The molecule has 0 amide bonds. The molecule has 0 aliphatic carbocycles. The highest BCUT2D eigenvalue weighted by Gasteiger charge is 2.12. The van der Waals surface area contributed by atoms with Crippen molar-refractivity contribution in [1.82, 2.24) is 15.3 Å². The Bertz CT molecular complexity index is 337. The zero-order chi connectivity index (χ0) is 11.9. The van der Waals surface area contributed by atoms with Crippen molar-refractivity contribution in [3.8, 4) is 6.01 Å². The van der Waals surface area contributed by atoms with Crippen molar-refractivity contribution < 1.29 is 4.74 Å². The molecule has 1 aliphatic rings. The maximum atomic E-state index is 5.54. The Balaban J connectivity index is 1.62. The highest BCUT2D eigenvalue weighted by atomic mass is 16.5. The molecule has 2 heterocycles. The van der Waals surface area contributed by atoms with Crippen LogP contribution in [0.1, 0.15) is 31.4 Å². The third-order valence-electron chi connectivity index (χ3n) is 3.16. The molecule has 1 N–H and O–H groups in total. The lowest BCUT2D eigenvalue weighted by molar-refractivity contribution is 0.259. The van der Waals surface area contributed by atoms with E-state index in [4.69, 9.17) is 4.74 Å². The number of rotatable bonds is 5. The first-order valence-corrected chi connectivity index (χ1v) is 6.48. The molecule has 94 valence electrons. The number of aromatic nitrogens is 2. The maximum absolute atomic E-state index is 5.54. The monoisotopic (exact) mass is 235 g/mol. The molecule has 17 heavy (non-hydrogen) atoms. The minimum Gasteiger partial charge on any atom is -0.463 e. The fourth-order valence-corrected chi connectivity index (χ4v) is 2.20. The molecule has 1 aliphatic heterocycles. The summed E-state index contributed by atoms with van der Waals surface area (Å²) in [4.78, 5) is 8.29. The number of ether oxygens (including phenoxy) is 1. The normalized spacial score (nSPS) is 20.2. The van der Waals surface area contributed by atoms with E-state index in [1.807, 2.05) is 13.0 Å². The summed E-state index contributed by atoms with van der Waals surface area (Å²) in [6.45, 7) is 5.02. The quantitative estimate of drug-likeness (QED) is 0.792. The average molecular weight is 235 g/mol. The van der Waals surface area contributed by atoms with Gasteiger partial charge in [0.05, 0.1) is 6.61 Å². The molecule has 4 heteroatoms. The zero-order valence-electron chi connectivity index (χ0n) is 10.5. The van der Waals surface area contributed by atoms with Gasteiger partial charge in [-0.25, -0.2) is 9.97 Å². The molecular weight excluding hydrogens is 214 g/mol. The summed E-state index contributed by atoms with van der Waals surface area (Å²) in [5.41, 5.74) is 0.950. The summed E-state index contributed by atoms with van der Waals surface area (Å²) >= 11 is 0. The van der Waals surface area contributed by atoms with Crippen LogP contribution < -0.4 is 10.1 Å². The summed E-state index contributed by atoms with van der Waals surface area (Å²) in [5.74, 6) is 0.825. The topological polar surface area (TPSA) is 47.0 Å². The number of piperidine rings is 1. The van der Waals surface area contributed by atoms with Crippen molar-refractivity contribution in [3.63, 3.8) is 0 Å². The van der Waals surface area contributed by atoms with E-state index in [0.717, 1.165) is 24.6 Å². The van der Waals surface area contributed by atoms with Gasteiger partial charge in [0, 0.05) is 11.9 Å². The Kier molecular flexibility index (Phi) is 4.74. The Morgan fingerprint density at radius 1 is 1.53 bits per heavy atom. The summed E-state index contributed by atoms with van der Waals surface area (Å²) in [5, 5.41) is 3.44. The molecule has 1 saturated heterocycles. The lowest BCUT2D eigenvalue weighted by Gasteiger charge is -2.22. The SMILES string of the molecule is Cc1ccnc(OCCC[C@H]2CCCNC2)n1. The van der Waals surface area contributed by atoms with Crippen LogP contribution in [0.2, 0.25) is 0 Å². The van der Waals surface area contributed by atoms with Gasteiger partial charge < -0.3 is 10.1 Å². The van der Waals surface area contributed by atoms with Crippen LogP contribution in [0.25, 0.3) is 0 Å². The Morgan fingerprint density at radius 2 is 2.47 bits per heavy atom. The molecule has 0 radical (unpaired) electrons. The largest absolute Gasteiger partial charge is 0.463 e. The Hall–Kier alpha value is -1.16. The number of nitrogens with one attached hydrogen (secondary N) is 1. The zero-order valence-corrected chi connectivity index (χ0v) is 10.5. The van der Waals surface area contributed by atoms with E-state index >= 15 is 0 Å². The van der Waals surface area contributed by atoms with E-state index in [1.54, 1.807) is 6.20 Å². The van der Waals surface area contributed by atoms with E-state index in [2.05, 4.69) is 15.3 Å². The average Bonchev–Trinajstić information content (AvgIpc) is 2.36. The van der Waals surface area contributed by atoms with Crippen LogP contribution in [0.5, 0.6) is 6.01 Å². The van der Waals surface area contributed by atoms with E-state index in [-0.39, 0.29) is 0 Å². The summed E-state index contributed by atoms with van der Waals surface area (Å²) < 4.78 is 5.54. The van der Waals surface area contributed by atoms with Gasteiger partial charge in [0.25, 0.3) is 0 Å². The highest BCUT2D eigenvalue weighted by Crippen LogP contribution is 2.15. The standard InChI is InChI=1S/C13H21N3O/c1-11-6-8-15-13(16-11)17-9-3-5-12-4-2-7-14-10-12/h6,8,12,14H,2-5,7,9-10H2,1H3/t12-/m1/s1. The summed E-state index contributed by atoms with van der Waals surface area (Å²) in [6.07, 6.45) is 6.73. The van der Waals surface area contributed by atoms with Gasteiger partial charge in [0.2, 0.25) is 0 Å². The number of hydrogen-bond acceptors (Lipinski definition) is 4. The van der Waals surface area contributed by atoms with Crippen molar-refractivity contribution in [2.75, 3.05) is 19.7 Å². The molecule has 0 saturated carbocycles. The second kappa shape index (κ2) is 6.55. The van der Waals surface area contributed by atoms with Crippen LogP contribution in [0.3, 0.4) is 0 Å². The molecule has 0 spiro atoms. The van der Waals surface area contributed by atoms with Crippen LogP contribution in [0.15, 0.2) is 12.3 Å². The molecule has 4 nitrogen and oxygen atoms in total. The highest BCUT2D eigenvalue weighted by molar-refractivity contribution is 5.02. The van der Waals surface area contributed by atoms with Gasteiger partial charge in [-0.05, 0) is 57.7 Å². The van der Waals surface area contributed by atoms with Crippen LogP contribution in [0.4, 0.5) is 0 Å². The van der Waals surface area contributed by atoms with Crippen LogP contribution in [-0.2, 0) is 0 Å². The third kappa shape index (κ3) is 4.30. The van der Waals surface area contributed by atoms with Crippen molar-refractivity contribution in [2.24, 2.45) is 5.92 Å². The van der Waals surface area contributed by atoms with Crippen molar-refractivity contribution in [3.05, 3.63) is 18.0 Å². The molecule has 0 aromatic carbocycles. The van der Waals surface area contributed by atoms with Gasteiger partial charge in [-0.3, -0.25) is 0 Å². The molecular formula is C13H21N3O. The summed E-state index contributed by atoms with van der Waals surface area (Å²) in [6, 6.07) is 2.38. The maximum Gasteiger partial charge on any atom is 0.316 e. The molecule has 0 unspecified atom stereocenters. The second-order valence-corrected chi connectivity index (χ2v) is 4.68. The third-order valence-corrected chi connectivity index (χ3v) is 3.16. The van der Waals surface area contributed by atoms with E-state index in [0.29, 0.717) is 6.01 Å². The fraction of sp³-hybridized carbons (Fsp3) is 0.692. The smallest absolute Gasteiger partial charge is 0.316 e. The molecule has 1 fully saturated rings. The van der Waals surface area contributed by atoms with Crippen LogP contribution in [-0.4, -0.2) is 29.7 Å². The van der Waals surface area contributed by atoms with Crippen molar-refractivity contribution in [1.29, 1.82) is 0 Å². The number of hydrogen-bond donors (Lipinski definition) is 1. The predicted molar refractivity (Wildman–Crippen MR) is 67.1 cm³/mol. The molecule has 1 atom stereocenters. The van der Waals surface area contributed by atoms with Gasteiger partial charge in [0.1, 0.15) is 0 Å². The number of nitrogens with zero attached hydrogens (tertiary/aromatic N) is 2. The van der Waals surface area contributed by atoms with E-state index < -0.39 is 0 Å². The van der Waals surface area contributed by atoms with Gasteiger partial charge in [0.15, 0.2) is 0 Å². The number of aryl methyl sites for hydroxylation is 1. The second-order valence-electron chi connectivity index (χ2n) is 4.68. The van der Waals surface area contributed by atoms with Gasteiger partial charge in [-0.1, -0.05) is 0 Å². The van der Waals surface area contributed by atoms with Crippen LogP contribution >= 0.6 is 0 Å². The fourth-order valence-electron chi connectivity index (χ4n) is 2.20. The van der Waals surface area contributed by atoms with Gasteiger partial charge >= 0.3 is 6.01 Å². The van der Waals surface area contributed by atoms with Gasteiger partial charge in [-0.15, -0.1) is 0 Å². The van der Waals surface area contributed by atoms with E-state index in [1.165, 1.54) is 32.4 Å². The summed E-state index contributed by atoms with van der Waals surface area (Å²) in [7, 11) is 0. The lowest BCUT2D eigenvalue weighted by Crippen LogP contribution is -2.29. The van der Waals surface area contributed by atoms with Crippen molar-refractivity contribution >= 4 is 0 Å².